The zero-order valence-corrected chi connectivity index (χ0v) is 23.5. The van der Waals surface area contributed by atoms with Crippen molar-refractivity contribution in [2.75, 3.05) is 11.6 Å². The van der Waals surface area contributed by atoms with Crippen LogP contribution in [0.3, 0.4) is 0 Å². The van der Waals surface area contributed by atoms with Crippen LogP contribution in [0.5, 0.6) is 0 Å². The Morgan fingerprint density at radius 1 is 1.02 bits per heavy atom. The van der Waals surface area contributed by atoms with E-state index in [1.807, 2.05) is 36.4 Å². The Morgan fingerprint density at radius 2 is 1.83 bits per heavy atom. The van der Waals surface area contributed by atoms with Crippen LogP contribution in [0, 0.1) is 5.82 Å². The number of aromatic amines is 2. The number of amides is 1. The first-order chi connectivity index (χ1) is 20.1. The zero-order valence-electron chi connectivity index (χ0n) is 22.6. The molecule has 0 fully saturated rings. The molecule has 0 saturated carbocycles. The number of anilines is 1. The minimum absolute atomic E-state index is 0.106. The molecule has 1 amide bonds. The summed E-state index contributed by atoms with van der Waals surface area (Å²) in [5.41, 5.74) is 12.2. The summed E-state index contributed by atoms with van der Waals surface area (Å²) in [7, 11) is -3.63. The van der Waals surface area contributed by atoms with Gasteiger partial charge in [-0.2, -0.15) is 5.10 Å². The molecule has 5 N–H and O–H groups in total. The highest BCUT2D eigenvalue weighted by Crippen LogP contribution is 2.36. The van der Waals surface area contributed by atoms with Crippen LogP contribution in [0.1, 0.15) is 24.3 Å². The van der Waals surface area contributed by atoms with Gasteiger partial charge in [0.15, 0.2) is 15.5 Å². The van der Waals surface area contributed by atoms with Gasteiger partial charge in [0, 0.05) is 52.5 Å². The number of halogens is 1. The number of nitrogens with one attached hydrogen (secondary N) is 3. The van der Waals surface area contributed by atoms with Gasteiger partial charge < -0.3 is 16.0 Å². The molecule has 1 unspecified atom stereocenters. The number of carbonyl (C=O) groups excluding carboxylic acids is 1. The Kier molecular flexibility index (Phi) is 6.79. The van der Waals surface area contributed by atoms with Crippen LogP contribution < -0.4 is 11.1 Å². The van der Waals surface area contributed by atoms with Crippen molar-refractivity contribution in [1.29, 1.82) is 0 Å². The van der Waals surface area contributed by atoms with E-state index < -0.39 is 21.0 Å². The van der Waals surface area contributed by atoms with Crippen molar-refractivity contribution in [3.05, 3.63) is 84.6 Å². The molecule has 4 heterocycles. The maximum absolute atomic E-state index is 14.6. The fraction of sp³-hybridized carbons (Fsp3) is 0.133. The van der Waals surface area contributed by atoms with E-state index in [4.69, 9.17) is 5.73 Å². The number of H-pyrrole nitrogens is 2. The van der Waals surface area contributed by atoms with E-state index in [1.54, 1.807) is 31.6 Å². The standard InChI is InChI=1S/C30H26FN7O3S/c1-3-27(39)35-21-10-18(13-33-15-21)19-11-24-28(37-38-30(24)34-14-19)26-12-23-22(5-4-6-25(23)36-26)16-7-17(9-20(31)8-16)29(32)42(2,40)41/h4-15,29,36H,3,32H2,1-2H3,(H,35,39)(H,34,37,38). The Balaban J connectivity index is 1.42. The van der Waals surface area contributed by atoms with Gasteiger partial charge in [0.05, 0.1) is 23.3 Å². The second-order valence-electron chi connectivity index (χ2n) is 10.0. The van der Waals surface area contributed by atoms with Crippen molar-refractivity contribution in [2.24, 2.45) is 5.73 Å². The minimum Gasteiger partial charge on any atom is -0.353 e. The molecule has 0 saturated heterocycles. The molecule has 1 atom stereocenters. The molecular weight excluding hydrogens is 557 g/mol. The van der Waals surface area contributed by atoms with Gasteiger partial charge in [-0.15, -0.1) is 0 Å². The molecule has 0 spiro atoms. The number of aromatic nitrogens is 5. The molecule has 0 radical (unpaired) electrons. The molecule has 0 aliphatic rings. The number of benzene rings is 2. The van der Waals surface area contributed by atoms with E-state index in [-0.39, 0.29) is 11.5 Å². The molecule has 6 rings (SSSR count). The molecule has 12 heteroatoms. The number of nitrogens with zero attached hydrogens (tertiary/aromatic N) is 3. The molecule has 6 aromatic rings. The number of rotatable bonds is 7. The summed E-state index contributed by atoms with van der Waals surface area (Å²) in [5.74, 6) is -0.689. The van der Waals surface area contributed by atoms with E-state index in [1.165, 1.54) is 6.07 Å². The largest absolute Gasteiger partial charge is 0.353 e. The number of fused-ring (bicyclic) bond motifs is 2. The van der Waals surface area contributed by atoms with Gasteiger partial charge in [0.1, 0.15) is 11.2 Å². The summed E-state index contributed by atoms with van der Waals surface area (Å²) >= 11 is 0. The normalized spacial score (nSPS) is 12.6. The number of pyridine rings is 2. The minimum atomic E-state index is -3.63. The molecular formula is C30H26FN7O3S. The lowest BCUT2D eigenvalue weighted by Gasteiger charge is -2.12. The molecule has 0 aliphatic heterocycles. The number of sulfone groups is 1. The van der Waals surface area contributed by atoms with E-state index in [2.05, 4.69) is 30.5 Å². The van der Waals surface area contributed by atoms with Crippen LogP contribution >= 0.6 is 0 Å². The van der Waals surface area contributed by atoms with Crippen LogP contribution in [0.15, 0.2) is 73.2 Å². The Morgan fingerprint density at radius 3 is 2.62 bits per heavy atom. The zero-order chi connectivity index (χ0) is 29.6. The third kappa shape index (κ3) is 5.13. The first-order valence-electron chi connectivity index (χ1n) is 13.1. The van der Waals surface area contributed by atoms with E-state index in [0.29, 0.717) is 34.6 Å². The molecule has 2 aromatic carbocycles. The van der Waals surface area contributed by atoms with Gasteiger partial charge >= 0.3 is 0 Å². The summed E-state index contributed by atoms with van der Waals surface area (Å²) < 4.78 is 38.7. The summed E-state index contributed by atoms with van der Waals surface area (Å²) in [5, 5.41) is 10.5. The summed E-state index contributed by atoms with van der Waals surface area (Å²) in [6.45, 7) is 1.78. The maximum atomic E-state index is 14.6. The number of nitrogens with two attached hydrogens (primary N) is 1. The number of hydrogen-bond donors (Lipinski definition) is 4. The smallest absolute Gasteiger partial charge is 0.224 e. The average molecular weight is 584 g/mol. The highest BCUT2D eigenvalue weighted by atomic mass is 32.2. The molecule has 42 heavy (non-hydrogen) atoms. The monoisotopic (exact) mass is 583 g/mol. The van der Waals surface area contributed by atoms with Crippen LogP contribution in [0.25, 0.3) is 55.6 Å². The molecule has 4 aromatic heterocycles. The van der Waals surface area contributed by atoms with Crippen LogP contribution in [-0.2, 0) is 14.6 Å². The van der Waals surface area contributed by atoms with Gasteiger partial charge in [-0.25, -0.2) is 17.8 Å². The topological polar surface area (TPSA) is 160 Å². The van der Waals surface area contributed by atoms with Crippen molar-refractivity contribution in [2.45, 2.75) is 18.7 Å². The fourth-order valence-corrected chi connectivity index (χ4v) is 5.53. The first-order valence-corrected chi connectivity index (χ1v) is 15.0. The average Bonchev–Trinajstić information content (AvgIpc) is 3.59. The Bertz CT molecular complexity index is 2100. The van der Waals surface area contributed by atoms with Crippen molar-refractivity contribution < 1.29 is 17.6 Å². The third-order valence-corrected chi connectivity index (χ3v) is 8.24. The lowest BCUT2D eigenvalue weighted by molar-refractivity contribution is -0.115. The number of carbonyl (C=O) groups is 1. The molecule has 0 aliphatic carbocycles. The summed E-state index contributed by atoms with van der Waals surface area (Å²) in [6, 6.07) is 15.4. The Hall–Kier alpha value is -4.94. The lowest BCUT2D eigenvalue weighted by Crippen LogP contribution is -2.20. The highest BCUT2D eigenvalue weighted by molar-refractivity contribution is 7.90. The lowest BCUT2D eigenvalue weighted by atomic mass is 9.99. The van der Waals surface area contributed by atoms with Gasteiger partial charge in [-0.05, 0) is 59.2 Å². The maximum Gasteiger partial charge on any atom is 0.224 e. The van der Waals surface area contributed by atoms with Crippen molar-refractivity contribution in [3.8, 4) is 33.6 Å². The molecule has 0 bridgehead atoms. The van der Waals surface area contributed by atoms with Crippen LogP contribution in [-0.4, -0.2) is 45.7 Å². The van der Waals surface area contributed by atoms with E-state index >= 15 is 0 Å². The van der Waals surface area contributed by atoms with Crippen LogP contribution in [0.2, 0.25) is 0 Å². The van der Waals surface area contributed by atoms with Gasteiger partial charge in [-0.3, -0.25) is 14.9 Å². The van der Waals surface area contributed by atoms with Crippen molar-refractivity contribution in [1.82, 2.24) is 25.1 Å². The fourth-order valence-electron chi connectivity index (χ4n) is 4.90. The predicted octanol–water partition coefficient (Wildman–Crippen LogP) is 5.32. The van der Waals surface area contributed by atoms with Gasteiger partial charge in [0.25, 0.3) is 0 Å². The summed E-state index contributed by atoms with van der Waals surface area (Å²) in [6.07, 6.45) is 6.36. The number of hydrogen-bond acceptors (Lipinski definition) is 7. The molecule has 10 nitrogen and oxygen atoms in total. The predicted molar refractivity (Wildman–Crippen MR) is 160 cm³/mol. The third-order valence-electron chi connectivity index (χ3n) is 7.04. The second kappa shape index (κ2) is 10.5. The highest BCUT2D eigenvalue weighted by Gasteiger charge is 2.21. The van der Waals surface area contributed by atoms with Gasteiger partial charge in [-0.1, -0.05) is 19.1 Å². The second-order valence-corrected chi connectivity index (χ2v) is 12.2. The van der Waals surface area contributed by atoms with Crippen molar-refractivity contribution >= 4 is 43.4 Å². The first kappa shape index (κ1) is 27.2. The van der Waals surface area contributed by atoms with Gasteiger partial charge in [0.2, 0.25) is 5.91 Å². The molecule has 212 valence electrons. The van der Waals surface area contributed by atoms with E-state index in [9.17, 15) is 17.6 Å². The quantitative estimate of drug-likeness (QED) is 0.198. The van der Waals surface area contributed by atoms with E-state index in [0.717, 1.165) is 45.4 Å². The van der Waals surface area contributed by atoms with Crippen LogP contribution in [0.4, 0.5) is 10.1 Å². The summed E-state index contributed by atoms with van der Waals surface area (Å²) in [4.78, 5) is 24.0. The van der Waals surface area contributed by atoms with Crippen molar-refractivity contribution in [3.63, 3.8) is 0 Å². The Labute approximate surface area is 240 Å². The SMILES string of the molecule is CCC(=O)Nc1cncc(-c2cnc3n[nH]c(-c4cc5c(-c6cc(F)cc(C(N)S(C)(=O)=O)c6)cccc5[nH]4)c3c2)c1.